The molecule has 1 aromatic rings. The molecule has 0 N–H and O–H groups in total. The zero-order valence-electron chi connectivity index (χ0n) is 11.1. The Morgan fingerprint density at radius 3 is 2.44 bits per heavy atom. The number of halogens is 1. The van der Waals surface area contributed by atoms with Crippen molar-refractivity contribution >= 4 is 11.6 Å². The van der Waals surface area contributed by atoms with Crippen LogP contribution < -0.4 is 4.74 Å². The van der Waals surface area contributed by atoms with Gasteiger partial charge in [0.2, 0.25) is 0 Å². The normalized spacial score (nSPS) is 15.7. The first kappa shape index (κ1) is 13.7. The topological polar surface area (TPSA) is 12.5 Å². The summed E-state index contributed by atoms with van der Waals surface area (Å²) in [5.41, 5.74) is 1.37. The second kappa shape index (κ2) is 7.01. The average Bonchev–Trinajstić information content (AvgIpc) is 2.35. The third kappa shape index (κ3) is 3.63. The second-order valence-corrected chi connectivity index (χ2v) is 5.29. The lowest BCUT2D eigenvalue weighted by Gasteiger charge is -2.37. The zero-order valence-corrected chi connectivity index (χ0v) is 11.8. The summed E-state index contributed by atoms with van der Waals surface area (Å²) >= 11 is 5.88. The van der Waals surface area contributed by atoms with Crippen LogP contribution in [0, 0.1) is 0 Å². The summed E-state index contributed by atoms with van der Waals surface area (Å²) in [6.45, 7) is 2.13. The van der Waals surface area contributed by atoms with Crippen molar-refractivity contribution < 1.29 is 4.74 Å². The summed E-state index contributed by atoms with van der Waals surface area (Å²) in [6.07, 6.45) is 5.17. The first-order valence-electron chi connectivity index (χ1n) is 6.76. The lowest BCUT2D eigenvalue weighted by atomic mass is 9.91. The molecule has 0 aromatic heterocycles. The van der Waals surface area contributed by atoms with Crippen molar-refractivity contribution in [2.45, 2.75) is 31.7 Å². The molecule has 1 saturated carbocycles. The highest BCUT2D eigenvalue weighted by atomic mass is 35.5. The Hall–Kier alpha value is -0.730. The van der Waals surface area contributed by atoms with Gasteiger partial charge in [0, 0.05) is 25.0 Å². The van der Waals surface area contributed by atoms with Gasteiger partial charge in [-0.2, -0.15) is 0 Å². The van der Waals surface area contributed by atoms with Crippen molar-refractivity contribution in [2.75, 3.05) is 26.1 Å². The van der Waals surface area contributed by atoms with Crippen LogP contribution in [0.3, 0.4) is 0 Å². The Labute approximate surface area is 115 Å². The SMILES string of the molecule is COc1ccc(CCN(CCCl)C2CCC2)cc1. The highest BCUT2D eigenvalue weighted by Crippen LogP contribution is 2.25. The first-order valence-corrected chi connectivity index (χ1v) is 7.30. The van der Waals surface area contributed by atoms with Gasteiger partial charge in [-0.1, -0.05) is 18.6 Å². The third-order valence-electron chi connectivity index (χ3n) is 3.81. The van der Waals surface area contributed by atoms with E-state index in [0.717, 1.165) is 37.2 Å². The minimum atomic E-state index is 0.735. The fourth-order valence-corrected chi connectivity index (χ4v) is 2.62. The van der Waals surface area contributed by atoms with Crippen molar-refractivity contribution in [3.8, 4) is 5.75 Å². The monoisotopic (exact) mass is 267 g/mol. The summed E-state index contributed by atoms with van der Waals surface area (Å²) in [5, 5.41) is 0. The molecule has 0 atom stereocenters. The van der Waals surface area contributed by atoms with Crippen LogP contribution in [0.5, 0.6) is 5.75 Å². The molecule has 0 spiro atoms. The quantitative estimate of drug-likeness (QED) is 0.703. The van der Waals surface area contributed by atoms with Crippen LogP contribution in [0.25, 0.3) is 0 Å². The number of rotatable bonds is 7. The van der Waals surface area contributed by atoms with Crippen LogP contribution in [-0.2, 0) is 6.42 Å². The molecular weight excluding hydrogens is 246 g/mol. The van der Waals surface area contributed by atoms with Gasteiger partial charge in [0.05, 0.1) is 7.11 Å². The van der Waals surface area contributed by atoms with E-state index in [2.05, 4.69) is 17.0 Å². The summed E-state index contributed by atoms with van der Waals surface area (Å²) in [6, 6.07) is 9.15. The minimum Gasteiger partial charge on any atom is -0.497 e. The van der Waals surface area contributed by atoms with Crippen molar-refractivity contribution in [1.82, 2.24) is 4.90 Å². The average molecular weight is 268 g/mol. The fourth-order valence-electron chi connectivity index (χ4n) is 2.40. The second-order valence-electron chi connectivity index (χ2n) is 4.91. The molecule has 0 aliphatic heterocycles. The van der Waals surface area contributed by atoms with Gasteiger partial charge in [0.15, 0.2) is 0 Å². The Balaban J connectivity index is 1.83. The molecule has 0 amide bonds. The van der Waals surface area contributed by atoms with E-state index in [1.165, 1.54) is 24.8 Å². The molecule has 3 heteroatoms. The number of nitrogens with zero attached hydrogens (tertiary/aromatic N) is 1. The molecular formula is C15H22ClNO. The lowest BCUT2D eigenvalue weighted by molar-refractivity contribution is 0.136. The van der Waals surface area contributed by atoms with Crippen molar-refractivity contribution in [1.29, 1.82) is 0 Å². The van der Waals surface area contributed by atoms with Crippen molar-refractivity contribution in [3.05, 3.63) is 29.8 Å². The number of ether oxygens (including phenoxy) is 1. The first-order chi connectivity index (χ1) is 8.83. The van der Waals surface area contributed by atoms with Gasteiger partial charge < -0.3 is 4.74 Å². The maximum atomic E-state index is 5.88. The van der Waals surface area contributed by atoms with Gasteiger partial charge in [-0.25, -0.2) is 0 Å². The number of hydrogen-bond acceptors (Lipinski definition) is 2. The molecule has 18 heavy (non-hydrogen) atoms. The summed E-state index contributed by atoms with van der Waals surface area (Å²) in [7, 11) is 1.70. The molecule has 1 aliphatic carbocycles. The zero-order chi connectivity index (χ0) is 12.8. The van der Waals surface area contributed by atoms with Gasteiger partial charge in [0.25, 0.3) is 0 Å². The fraction of sp³-hybridized carbons (Fsp3) is 0.600. The molecule has 0 heterocycles. The van der Waals surface area contributed by atoms with Crippen LogP contribution in [0.15, 0.2) is 24.3 Å². The molecule has 0 bridgehead atoms. The molecule has 1 aliphatic rings. The lowest BCUT2D eigenvalue weighted by Crippen LogP contribution is -2.42. The Morgan fingerprint density at radius 2 is 1.94 bits per heavy atom. The van der Waals surface area contributed by atoms with Crippen LogP contribution in [0.4, 0.5) is 0 Å². The predicted molar refractivity (Wildman–Crippen MR) is 76.6 cm³/mol. The van der Waals surface area contributed by atoms with Crippen LogP contribution >= 0.6 is 11.6 Å². The van der Waals surface area contributed by atoms with Gasteiger partial charge in [0.1, 0.15) is 5.75 Å². The van der Waals surface area contributed by atoms with Gasteiger partial charge in [-0.05, 0) is 37.0 Å². The van der Waals surface area contributed by atoms with Gasteiger partial charge in [-0.3, -0.25) is 4.90 Å². The van der Waals surface area contributed by atoms with E-state index in [-0.39, 0.29) is 0 Å². The van der Waals surface area contributed by atoms with Crippen molar-refractivity contribution in [2.24, 2.45) is 0 Å². The van der Waals surface area contributed by atoms with E-state index >= 15 is 0 Å². The third-order valence-corrected chi connectivity index (χ3v) is 3.98. The highest BCUT2D eigenvalue weighted by Gasteiger charge is 2.23. The standard InChI is InChI=1S/C15H22ClNO/c1-18-15-7-5-13(6-8-15)9-11-17(12-10-16)14-3-2-4-14/h5-8,14H,2-4,9-12H2,1H3. The molecule has 2 rings (SSSR count). The molecule has 0 unspecified atom stereocenters. The number of alkyl halides is 1. The number of methoxy groups -OCH3 is 1. The maximum Gasteiger partial charge on any atom is 0.118 e. The Bertz CT molecular complexity index is 348. The van der Waals surface area contributed by atoms with E-state index < -0.39 is 0 Å². The van der Waals surface area contributed by atoms with Crippen molar-refractivity contribution in [3.63, 3.8) is 0 Å². The van der Waals surface area contributed by atoms with E-state index in [4.69, 9.17) is 16.3 Å². The van der Waals surface area contributed by atoms with E-state index in [9.17, 15) is 0 Å². The van der Waals surface area contributed by atoms with E-state index in [1.54, 1.807) is 7.11 Å². The summed E-state index contributed by atoms with van der Waals surface area (Å²) in [5.74, 6) is 1.66. The summed E-state index contributed by atoms with van der Waals surface area (Å²) in [4.78, 5) is 2.54. The largest absolute Gasteiger partial charge is 0.497 e. The predicted octanol–water partition coefficient (Wildman–Crippen LogP) is 3.33. The number of benzene rings is 1. The maximum absolute atomic E-state index is 5.88. The van der Waals surface area contributed by atoms with Gasteiger partial charge >= 0.3 is 0 Å². The smallest absolute Gasteiger partial charge is 0.118 e. The molecule has 0 radical (unpaired) electrons. The minimum absolute atomic E-state index is 0.735. The van der Waals surface area contributed by atoms with Gasteiger partial charge in [-0.15, -0.1) is 11.6 Å². The number of hydrogen-bond donors (Lipinski definition) is 0. The van der Waals surface area contributed by atoms with E-state index in [0.29, 0.717) is 0 Å². The van der Waals surface area contributed by atoms with Crippen LogP contribution in [0.1, 0.15) is 24.8 Å². The molecule has 1 fully saturated rings. The molecule has 2 nitrogen and oxygen atoms in total. The summed E-state index contributed by atoms with van der Waals surface area (Å²) < 4.78 is 5.17. The highest BCUT2D eigenvalue weighted by molar-refractivity contribution is 6.18. The van der Waals surface area contributed by atoms with E-state index in [1.807, 2.05) is 12.1 Å². The Morgan fingerprint density at radius 1 is 1.22 bits per heavy atom. The van der Waals surface area contributed by atoms with Crippen LogP contribution in [0.2, 0.25) is 0 Å². The molecule has 0 saturated heterocycles. The van der Waals surface area contributed by atoms with Crippen LogP contribution in [-0.4, -0.2) is 37.0 Å². The Kier molecular flexibility index (Phi) is 5.33. The molecule has 100 valence electrons. The molecule has 1 aromatic carbocycles.